The van der Waals surface area contributed by atoms with Crippen LogP contribution in [0.25, 0.3) is 10.8 Å². The van der Waals surface area contributed by atoms with E-state index in [2.05, 4.69) is 5.32 Å². The van der Waals surface area contributed by atoms with Gasteiger partial charge in [-0.25, -0.2) is 8.42 Å². The lowest BCUT2D eigenvalue weighted by Gasteiger charge is -2.34. The van der Waals surface area contributed by atoms with E-state index >= 15 is 0 Å². The minimum atomic E-state index is -3.54. The normalized spacial score (nSPS) is 20.9. The average Bonchev–Trinajstić information content (AvgIpc) is 3.20. The Morgan fingerprint density at radius 2 is 1.75 bits per heavy atom. The van der Waals surface area contributed by atoms with Crippen LogP contribution in [0.1, 0.15) is 19.3 Å². The van der Waals surface area contributed by atoms with Crippen molar-refractivity contribution in [2.24, 2.45) is 0 Å². The van der Waals surface area contributed by atoms with Crippen molar-refractivity contribution in [1.82, 2.24) is 14.5 Å². The quantitative estimate of drug-likeness (QED) is 0.818. The first-order valence-electron chi connectivity index (χ1n) is 9.54. The van der Waals surface area contributed by atoms with Gasteiger partial charge in [0.05, 0.1) is 4.90 Å². The largest absolute Gasteiger partial charge is 0.340 e. The topological polar surface area (TPSA) is 69.7 Å². The first-order valence-corrected chi connectivity index (χ1v) is 11.0. The van der Waals surface area contributed by atoms with Crippen molar-refractivity contribution in [3.05, 3.63) is 42.5 Å². The Hall–Kier alpha value is -1.67. The van der Waals surface area contributed by atoms with Crippen molar-refractivity contribution in [2.75, 3.05) is 32.7 Å². The van der Waals surface area contributed by atoms with E-state index in [1.54, 1.807) is 17.0 Å². The first kappa shape index (κ1) is 21.0. The van der Waals surface area contributed by atoms with Gasteiger partial charge < -0.3 is 10.2 Å². The van der Waals surface area contributed by atoms with Crippen molar-refractivity contribution in [1.29, 1.82) is 0 Å². The smallest absolute Gasteiger partial charge is 0.243 e. The van der Waals surface area contributed by atoms with Crippen LogP contribution in [0, 0.1) is 0 Å². The van der Waals surface area contributed by atoms with Gasteiger partial charge in [0.15, 0.2) is 0 Å². The maximum absolute atomic E-state index is 13.0. The van der Waals surface area contributed by atoms with Gasteiger partial charge in [0.2, 0.25) is 15.9 Å². The Morgan fingerprint density at radius 3 is 2.43 bits per heavy atom. The minimum absolute atomic E-state index is 0. The summed E-state index contributed by atoms with van der Waals surface area (Å²) in [5.41, 5.74) is 0. The van der Waals surface area contributed by atoms with E-state index in [0.29, 0.717) is 37.5 Å². The highest BCUT2D eigenvalue weighted by molar-refractivity contribution is 7.89. The van der Waals surface area contributed by atoms with Gasteiger partial charge in [-0.05, 0) is 42.3 Å². The van der Waals surface area contributed by atoms with Crippen LogP contribution in [0.4, 0.5) is 0 Å². The van der Waals surface area contributed by atoms with Crippen molar-refractivity contribution >= 4 is 39.1 Å². The molecule has 2 aliphatic rings. The third-order valence-corrected chi connectivity index (χ3v) is 7.43. The van der Waals surface area contributed by atoms with E-state index in [0.717, 1.165) is 30.2 Å². The molecule has 2 aliphatic heterocycles. The van der Waals surface area contributed by atoms with Crippen molar-refractivity contribution < 1.29 is 13.2 Å². The molecule has 0 aromatic heterocycles. The number of hydrogen-bond donors (Lipinski definition) is 1. The molecule has 2 heterocycles. The fraction of sp³-hybridized carbons (Fsp3) is 0.450. The van der Waals surface area contributed by atoms with Crippen LogP contribution in [0.5, 0.6) is 0 Å². The number of carbonyl (C=O) groups is 1. The molecule has 2 aromatic rings. The zero-order valence-corrected chi connectivity index (χ0v) is 17.3. The number of benzene rings is 2. The summed E-state index contributed by atoms with van der Waals surface area (Å²) < 4.78 is 27.5. The monoisotopic (exact) mass is 423 g/mol. The predicted octanol–water partition coefficient (Wildman–Crippen LogP) is 2.24. The lowest BCUT2D eigenvalue weighted by atomic mass is 10.1. The molecule has 1 amide bonds. The van der Waals surface area contributed by atoms with Crippen LogP contribution < -0.4 is 5.32 Å². The van der Waals surface area contributed by atoms with Crippen LogP contribution in [0.2, 0.25) is 0 Å². The molecule has 2 aromatic carbocycles. The Morgan fingerprint density at radius 1 is 1.04 bits per heavy atom. The minimum Gasteiger partial charge on any atom is -0.340 e. The molecular weight excluding hydrogens is 398 g/mol. The Labute approximate surface area is 172 Å². The van der Waals surface area contributed by atoms with Crippen molar-refractivity contribution in [3.8, 4) is 0 Å². The molecule has 0 saturated carbocycles. The summed E-state index contributed by atoms with van der Waals surface area (Å²) in [5, 5.41) is 5.28. The number of nitrogens with one attached hydrogen (secondary N) is 1. The molecule has 2 saturated heterocycles. The molecular formula is C20H26ClN3O3S. The lowest BCUT2D eigenvalue weighted by Crippen LogP contribution is -2.51. The number of carbonyl (C=O) groups excluding carboxylic acids is 1. The van der Waals surface area contributed by atoms with Crippen LogP contribution in [-0.4, -0.2) is 62.3 Å². The molecule has 0 aliphatic carbocycles. The molecule has 1 N–H and O–H groups in total. The zero-order valence-electron chi connectivity index (χ0n) is 15.7. The van der Waals surface area contributed by atoms with Crippen LogP contribution in [-0.2, 0) is 14.8 Å². The fourth-order valence-electron chi connectivity index (χ4n) is 3.93. The van der Waals surface area contributed by atoms with Crippen molar-refractivity contribution in [3.63, 3.8) is 0 Å². The summed E-state index contributed by atoms with van der Waals surface area (Å²) in [5.74, 6) is 0.122. The molecule has 8 heteroatoms. The second-order valence-electron chi connectivity index (χ2n) is 7.29. The Balaban J connectivity index is 0.00000225. The highest BCUT2D eigenvalue weighted by Gasteiger charge is 2.31. The third-order valence-electron chi connectivity index (χ3n) is 5.53. The van der Waals surface area contributed by atoms with Gasteiger partial charge in [-0.2, -0.15) is 4.31 Å². The number of amides is 1. The fourth-order valence-corrected chi connectivity index (χ4v) is 5.38. The molecule has 0 spiro atoms. The summed E-state index contributed by atoms with van der Waals surface area (Å²) in [6.07, 6.45) is 2.68. The Bertz CT molecular complexity index is 937. The SMILES string of the molecule is Cl.O=C(CC1CCCN1)N1CCN(S(=O)(=O)c2ccc3ccccc3c2)CC1. The van der Waals surface area contributed by atoms with Gasteiger partial charge in [-0.15, -0.1) is 12.4 Å². The second kappa shape index (κ2) is 8.78. The van der Waals surface area contributed by atoms with Gasteiger partial charge in [-0.1, -0.05) is 30.3 Å². The summed E-state index contributed by atoms with van der Waals surface area (Å²) in [6.45, 7) is 2.59. The molecule has 0 radical (unpaired) electrons. The number of nitrogens with zero attached hydrogens (tertiary/aromatic N) is 2. The molecule has 0 bridgehead atoms. The second-order valence-corrected chi connectivity index (χ2v) is 9.23. The number of sulfonamides is 1. The summed E-state index contributed by atoms with van der Waals surface area (Å²) >= 11 is 0. The van der Waals surface area contributed by atoms with E-state index in [1.807, 2.05) is 30.3 Å². The number of rotatable bonds is 4. The van der Waals surface area contributed by atoms with Gasteiger partial charge in [0.25, 0.3) is 0 Å². The standard InChI is InChI=1S/C20H25N3O3S.ClH/c24-20(15-18-6-3-9-21-18)22-10-12-23(13-11-22)27(25,26)19-8-7-16-4-1-2-5-17(16)14-19;/h1-2,4-5,7-8,14,18,21H,3,6,9-13,15H2;1H. The Kier molecular flexibility index (Phi) is 6.60. The molecule has 6 nitrogen and oxygen atoms in total. The summed E-state index contributed by atoms with van der Waals surface area (Å²) in [4.78, 5) is 14.6. The molecule has 28 heavy (non-hydrogen) atoms. The lowest BCUT2D eigenvalue weighted by molar-refractivity contribution is -0.132. The molecule has 4 rings (SSSR count). The number of hydrogen-bond acceptors (Lipinski definition) is 4. The molecule has 2 fully saturated rings. The van der Waals surface area contributed by atoms with Gasteiger partial charge >= 0.3 is 0 Å². The van der Waals surface area contributed by atoms with E-state index < -0.39 is 10.0 Å². The predicted molar refractivity (Wildman–Crippen MR) is 112 cm³/mol. The van der Waals surface area contributed by atoms with Gasteiger partial charge in [0.1, 0.15) is 0 Å². The maximum Gasteiger partial charge on any atom is 0.243 e. The van der Waals surface area contributed by atoms with E-state index in [-0.39, 0.29) is 24.4 Å². The van der Waals surface area contributed by atoms with E-state index in [4.69, 9.17) is 0 Å². The molecule has 1 unspecified atom stereocenters. The van der Waals surface area contributed by atoms with Crippen LogP contribution in [0.15, 0.2) is 47.4 Å². The maximum atomic E-state index is 13.0. The third kappa shape index (κ3) is 4.33. The number of piperazine rings is 1. The first-order chi connectivity index (χ1) is 13.0. The average molecular weight is 424 g/mol. The summed E-state index contributed by atoms with van der Waals surface area (Å²) in [6, 6.07) is 13.2. The van der Waals surface area contributed by atoms with Crippen molar-refractivity contribution in [2.45, 2.75) is 30.2 Å². The molecule has 1 atom stereocenters. The van der Waals surface area contributed by atoms with E-state index in [9.17, 15) is 13.2 Å². The zero-order chi connectivity index (χ0) is 18.9. The number of halogens is 1. The van der Waals surface area contributed by atoms with Crippen LogP contribution >= 0.6 is 12.4 Å². The summed E-state index contributed by atoms with van der Waals surface area (Å²) in [7, 11) is -3.54. The van der Waals surface area contributed by atoms with Gasteiger partial charge in [0, 0.05) is 38.6 Å². The highest BCUT2D eigenvalue weighted by Crippen LogP contribution is 2.23. The van der Waals surface area contributed by atoms with E-state index in [1.165, 1.54) is 4.31 Å². The molecule has 152 valence electrons. The van der Waals surface area contributed by atoms with Crippen LogP contribution in [0.3, 0.4) is 0 Å². The van der Waals surface area contributed by atoms with Gasteiger partial charge in [-0.3, -0.25) is 4.79 Å². The number of fused-ring (bicyclic) bond motifs is 1. The highest BCUT2D eigenvalue weighted by atomic mass is 35.5.